The lowest BCUT2D eigenvalue weighted by atomic mass is 10.4. The summed E-state index contributed by atoms with van der Waals surface area (Å²) >= 11 is 0. The third kappa shape index (κ3) is 224. The summed E-state index contributed by atoms with van der Waals surface area (Å²) in [6.07, 6.45) is 0. The van der Waals surface area contributed by atoms with Crippen molar-refractivity contribution in [3.63, 3.8) is 0 Å². The fraction of sp³-hybridized carbons (Fsp3) is 0.500. The lowest BCUT2D eigenvalue weighted by molar-refractivity contribution is 0.311. The number of rotatable bonds is 0. The van der Waals surface area contributed by atoms with Crippen LogP contribution in [0.5, 0.6) is 0 Å². The SMILES string of the molecule is C=C(C)C.NO. The molecule has 0 aromatic carbocycles. The van der Waals surface area contributed by atoms with E-state index in [-0.39, 0.29) is 0 Å². The third-order valence-corrected chi connectivity index (χ3v) is 0. The van der Waals surface area contributed by atoms with Crippen LogP contribution in [0.4, 0.5) is 0 Å². The predicted molar refractivity (Wildman–Crippen MR) is 26.5 cm³/mol. The lowest BCUT2D eigenvalue weighted by Gasteiger charge is -1.65. The van der Waals surface area contributed by atoms with Gasteiger partial charge in [-0.15, -0.1) is 6.58 Å². The standard InChI is InChI=1S/C4H8.H3NO/c1-4(2)3;1-2/h1H2,2-3H3;2H,1H2. The Morgan fingerprint density at radius 1 is 1.50 bits per heavy atom. The van der Waals surface area contributed by atoms with Crippen molar-refractivity contribution in [3.05, 3.63) is 12.2 Å². The van der Waals surface area contributed by atoms with Crippen LogP contribution in [0.15, 0.2) is 12.2 Å². The first-order chi connectivity index (χ1) is 2.73. The molecule has 0 aromatic rings. The highest BCUT2D eigenvalue weighted by atomic mass is 16.4. The highest BCUT2D eigenvalue weighted by Crippen LogP contribution is 1.73. The summed E-state index contributed by atoms with van der Waals surface area (Å²) in [4.78, 5) is 0. The third-order valence-electron chi connectivity index (χ3n) is 0. The van der Waals surface area contributed by atoms with Gasteiger partial charge in [-0.2, -0.15) is 0 Å². The van der Waals surface area contributed by atoms with Crippen molar-refractivity contribution in [2.45, 2.75) is 13.8 Å². The zero-order valence-electron chi connectivity index (χ0n) is 4.23. The van der Waals surface area contributed by atoms with Crippen molar-refractivity contribution >= 4 is 0 Å². The van der Waals surface area contributed by atoms with Gasteiger partial charge in [0, 0.05) is 0 Å². The monoisotopic (exact) mass is 89.1 g/mol. The van der Waals surface area contributed by atoms with Crippen molar-refractivity contribution in [1.82, 2.24) is 0 Å². The molecule has 0 fully saturated rings. The van der Waals surface area contributed by atoms with Crippen LogP contribution in [-0.4, -0.2) is 5.21 Å². The summed E-state index contributed by atoms with van der Waals surface area (Å²) in [5, 5.41) is 6.50. The van der Waals surface area contributed by atoms with Crippen LogP contribution in [0.1, 0.15) is 13.8 Å². The van der Waals surface area contributed by atoms with Crippen molar-refractivity contribution in [1.29, 1.82) is 0 Å². The molecular formula is C4H11NO. The molecule has 0 aliphatic heterocycles. The van der Waals surface area contributed by atoms with E-state index in [1.54, 1.807) is 0 Å². The molecule has 0 amide bonds. The second-order valence-corrected chi connectivity index (χ2v) is 1.21. The maximum atomic E-state index is 6.50. The van der Waals surface area contributed by atoms with Crippen LogP contribution in [-0.2, 0) is 0 Å². The highest BCUT2D eigenvalue weighted by Gasteiger charge is 1.51. The van der Waals surface area contributed by atoms with Gasteiger partial charge in [-0.3, -0.25) is 0 Å². The Kier molecular flexibility index (Phi) is 13.5. The van der Waals surface area contributed by atoms with Crippen LogP contribution >= 0.6 is 0 Å². The molecular weight excluding hydrogens is 78.0 g/mol. The molecule has 0 rings (SSSR count). The van der Waals surface area contributed by atoms with E-state index in [1.165, 1.54) is 5.57 Å². The van der Waals surface area contributed by atoms with Gasteiger partial charge in [0.2, 0.25) is 0 Å². The van der Waals surface area contributed by atoms with E-state index in [0.29, 0.717) is 0 Å². The number of allylic oxidation sites excluding steroid dienone is 1. The second-order valence-electron chi connectivity index (χ2n) is 1.21. The average Bonchev–Trinajstić information content (AvgIpc) is 1.41. The summed E-state index contributed by atoms with van der Waals surface area (Å²) in [6, 6.07) is 0. The maximum absolute atomic E-state index is 6.50. The molecule has 0 bridgehead atoms. The van der Waals surface area contributed by atoms with Crippen molar-refractivity contribution in [2.75, 3.05) is 0 Å². The minimum atomic E-state index is 1.17. The number of hydrogen-bond acceptors (Lipinski definition) is 2. The topological polar surface area (TPSA) is 46.2 Å². The molecule has 0 aromatic heterocycles. The number of hydrogen-bond donors (Lipinski definition) is 2. The molecule has 0 spiro atoms. The van der Waals surface area contributed by atoms with Gasteiger partial charge in [-0.1, -0.05) is 5.57 Å². The average molecular weight is 89.1 g/mol. The zero-order chi connectivity index (χ0) is 5.58. The predicted octanol–water partition coefficient (Wildman–Crippen LogP) is 0.917. The summed E-state index contributed by atoms with van der Waals surface area (Å²) in [6.45, 7) is 7.50. The largest absolute Gasteiger partial charge is 0.320 e. The molecule has 2 nitrogen and oxygen atoms in total. The normalized spacial score (nSPS) is 5.33. The Labute approximate surface area is 38.2 Å². The molecule has 3 N–H and O–H groups in total. The summed E-state index contributed by atoms with van der Waals surface area (Å²) < 4.78 is 0. The van der Waals surface area contributed by atoms with Gasteiger partial charge in [-0.25, -0.2) is 5.90 Å². The van der Waals surface area contributed by atoms with Crippen LogP contribution in [0.25, 0.3) is 0 Å². The quantitative estimate of drug-likeness (QED) is 0.342. The van der Waals surface area contributed by atoms with Gasteiger partial charge in [0.05, 0.1) is 0 Å². The molecule has 0 atom stereocenters. The van der Waals surface area contributed by atoms with Gasteiger partial charge >= 0.3 is 0 Å². The van der Waals surface area contributed by atoms with E-state index in [0.717, 1.165) is 0 Å². The van der Waals surface area contributed by atoms with E-state index < -0.39 is 0 Å². The van der Waals surface area contributed by atoms with Crippen LogP contribution in [0.2, 0.25) is 0 Å². The van der Waals surface area contributed by atoms with Gasteiger partial charge in [-0.05, 0) is 13.8 Å². The highest BCUT2D eigenvalue weighted by molar-refractivity contribution is 4.78. The Morgan fingerprint density at radius 2 is 1.50 bits per heavy atom. The summed E-state index contributed by atoms with van der Waals surface area (Å²) in [5.41, 5.74) is 1.17. The Morgan fingerprint density at radius 3 is 1.50 bits per heavy atom. The molecule has 2 heteroatoms. The zero-order valence-corrected chi connectivity index (χ0v) is 4.23. The fourth-order valence-electron chi connectivity index (χ4n) is 0. The van der Waals surface area contributed by atoms with Crippen molar-refractivity contribution in [3.8, 4) is 0 Å². The Balaban J connectivity index is 0. The van der Waals surface area contributed by atoms with Gasteiger partial charge in [0.25, 0.3) is 0 Å². The van der Waals surface area contributed by atoms with E-state index in [9.17, 15) is 0 Å². The smallest absolute Gasteiger partial charge is 0.0445 e. The van der Waals surface area contributed by atoms with Crippen molar-refractivity contribution < 1.29 is 5.21 Å². The van der Waals surface area contributed by atoms with Crippen LogP contribution < -0.4 is 5.90 Å². The second kappa shape index (κ2) is 8.82. The van der Waals surface area contributed by atoms with Crippen LogP contribution in [0.3, 0.4) is 0 Å². The van der Waals surface area contributed by atoms with Gasteiger partial charge in [0.1, 0.15) is 0 Å². The maximum Gasteiger partial charge on any atom is -0.0445 e. The molecule has 0 saturated carbocycles. The van der Waals surface area contributed by atoms with Crippen molar-refractivity contribution in [2.24, 2.45) is 5.90 Å². The van der Waals surface area contributed by atoms with Gasteiger partial charge in [0.15, 0.2) is 0 Å². The molecule has 0 radical (unpaired) electrons. The first-order valence-corrected chi connectivity index (χ1v) is 1.61. The molecule has 0 saturated heterocycles. The molecule has 0 unspecified atom stereocenters. The molecule has 38 valence electrons. The Bertz CT molecular complexity index is 30.5. The van der Waals surface area contributed by atoms with Gasteiger partial charge < -0.3 is 5.21 Å². The number of nitrogens with two attached hydrogens (primary N) is 1. The first-order valence-electron chi connectivity index (χ1n) is 1.61. The lowest BCUT2D eigenvalue weighted by Crippen LogP contribution is -1.72. The van der Waals surface area contributed by atoms with E-state index >= 15 is 0 Å². The fourth-order valence-corrected chi connectivity index (χ4v) is 0. The minimum Gasteiger partial charge on any atom is -0.320 e. The Hall–Kier alpha value is -0.340. The molecule has 0 heterocycles. The summed E-state index contributed by atoms with van der Waals surface area (Å²) in [7, 11) is 0. The van der Waals surface area contributed by atoms with E-state index in [4.69, 9.17) is 5.21 Å². The van der Waals surface area contributed by atoms with E-state index in [1.807, 2.05) is 13.8 Å². The first kappa shape index (κ1) is 9.18. The van der Waals surface area contributed by atoms with E-state index in [2.05, 4.69) is 12.5 Å². The minimum absolute atomic E-state index is 1.17. The molecule has 0 aliphatic rings. The molecule has 0 aliphatic carbocycles. The molecule has 6 heavy (non-hydrogen) atoms. The summed E-state index contributed by atoms with van der Waals surface area (Å²) in [5.74, 6) is 3.50. The van der Waals surface area contributed by atoms with Crippen LogP contribution in [0, 0.1) is 0 Å².